The summed E-state index contributed by atoms with van der Waals surface area (Å²) < 4.78 is 5.21. The zero-order chi connectivity index (χ0) is 6.81. The summed E-state index contributed by atoms with van der Waals surface area (Å²) in [6.07, 6.45) is 7.11. The molecule has 2 rings (SSSR count). The molecular weight excluding hydrogens is 124 g/mol. The Morgan fingerprint density at radius 3 is 3.00 bits per heavy atom. The van der Waals surface area contributed by atoms with Crippen molar-refractivity contribution in [2.45, 2.75) is 25.7 Å². The first kappa shape index (κ1) is 6.02. The van der Waals surface area contributed by atoms with Gasteiger partial charge in [-0.2, -0.15) is 0 Å². The predicted octanol–water partition coefficient (Wildman–Crippen LogP) is 2.62. The van der Waals surface area contributed by atoms with E-state index in [0.29, 0.717) is 0 Å². The molecule has 0 unspecified atom stereocenters. The minimum atomic E-state index is 1.02. The van der Waals surface area contributed by atoms with Crippen LogP contribution in [-0.2, 0) is 6.42 Å². The third-order valence-electron chi connectivity index (χ3n) is 2.08. The van der Waals surface area contributed by atoms with Gasteiger partial charge in [-0.3, -0.25) is 0 Å². The molecule has 0 saturated heterocycles. The van der Waals surface area contributed by atoms with E-state index in [-0.39, 0.29) is 0 Å². The molecule has 10 heavy (non-hydrogen) atoms. The Bertz CT molecular complexity index is 185. The van der Waals surface area contributed by atoms with Gasteiger partial charge < -0.3 is 4.42 Å². The van der Waals surface area contributed by atoms with Gasteiger partial charge in [0.15, 0.2) is 0 Å². The number of furan rings is 1. The molecule has 1 heterocycles. The quantitative estimate of drug-likeness (QED) is 0.622. The lowest BCUT2D eigenvalue weighted by molar-refractivity contribution is 0.495. The first-order valence-electron chi connectivity index (χ1n) is 3.97. The molecule has 54 valence electrons. The number of aryl methyl sites for hydroxylation is 1. The third kappa shape index (κ3) is 1.41. The van der Waals surface area contributed by atoms with E-state index in [1.54, 1.807) is 6.26 Å². The minimum Gasteiger partial charge on any atom is -0.469 e. The Labute approximate surface area is 61.0 Å². The molecule has 1 aromatic rings. The van der Waals surface area contributed by atoms with Crippen molar-refractivity contribution in [1.29, 1.82) is 0 Å². The SMILES string of the molecule is c1coc(CCC2CC2)c1. The molecule has 0 spiro atoms. The fraction of sp³-hybridized carbons (Fsp3) is 0.556. The molecule has 0 atom stereocenters. The standard InChI is InChI=1S/C9H12O/c1-2-9(10-7-1)6-5-8-3-4-8/h1-2,7-8H,3-6H2. The summed E-state index contributed by atoms with van der Waals surface area (Å²) in [4.78, 5) is 0. The molecule has 1 saturated carbocycles. The average molecular weight is 136 g/mol. The highest BCUT2D eigenvalue weighted by Gasteiger charge is 2.20. The zero-order valence-corrected chi connectivity index (χ0v) is 6.05. The fourth-order valence-corrected chi connectivity index (χ4v) is 1.21. The highest BCUT2D eigenvalue weighted by molar-refractivity contribution is 4.98. The van der Waals surface area contributed by atoms with Crippen LogP contribution in [0.5, 0.6) is 0 Å². The van der Waals surface area contributed by atoms with Crippen LogP contribution in [0.4, 0.5) is 0 Å². The molecule has 0 aliphatic heterocycles. The van der Waals surface area contributed by atoms with Crippen LogP contribution in [0.15, 0.2) is 22.8 Å². The molecule has 1 fully saturated rings. The van der Waals surface area contributed by atoms with Gasteiger partial charge in [-0.1, -0.05) is 12.8 Å². The van der Waals surface area contributed by atoms with Gasteiger partial charge in [0.1, 0.15) is 5.76 Å². The highest BCUT2D eigenvalue weighted by atomic mass is 16.3. The van der Waals surface area contributed by atoms with Crippen molar-refractivity contribution in [3.05, 3.63) is 24.2 Å². The van der Waals surface area contributed by atoms with Gasteiger partial charge >= 0.3 is 0 Å². The van der Waals surface area contributed by atoms with Gasteiger partial charge in [0, 0.05) is 6.42 Å². The van der Waals surface area contributed by atoms with E-state index in [2.05, 4.69) is 6.07 Å². The van der Waals surface area contributed by atoms with Crippen LogP contribution in [0.25, 0.3) is 0 Å². The van der Waals surface area contributed by atoms with Gasteiger partial charge in [0.25, 0.3) is 0 Å². The maximum atomic E-state index is 5.21. The van der Waals surface area contributed by atoms with Crippen molar-refractivity contribution in [1.82, 2.24) is 0 Å². The molecule has 0 bridgehead atoms. The van der Waals surface area contributed by atoms with Crippen LogP contribution in [0.3, 0.4) is 0 Å². The summed E-state index contributed by atoms with van der Waals surface area (Å²) in [6, 6.07) is 4.02. The lowest BCUT2D eigenvalue weighted by Gasteiger charge is -1.92. The van der Waals surface area contributed by atoms with Crippen LogP contribution >= 0.6 is 0 Å². The lowest BCUT2D eigenvalue weighted by atomic mass is 10.2. The average Bonchev–Trinajstić information content (AvgIpc) is 2.63. The van der Waals surface area contributed by atoms with Crippen LogP contribution in [0.1, 0.15) is 25.0 Å². The second-order valence-electron chi connectivity index (χ2n) is 3.06. The minimum absolute atomic E-state index is 1.02. The van der Waals surface area contributed by atoms with Crippen LogP contribution in [-0.4, -0.2) is 0 Å². The Morgan fingerprint density at radius 1 is 1.50 bits per heavy atom. The van der Waals surface area contributed by atoms with Crippen molar-refractivity contribution in [2.24, 2.45) is 5.92 Å². The third-order valence-corrected chi connectivity index (χ3v) is 2.08. The summed E-state index contributed by atoms with van der Waals surface area (Å²) in [6.45, 7) is 0. The monoisotopic (exact) mass is 136 g/mol. The van der Waals surface area contributed by atoms with Crippen molar-refractivity contribution in [3.63, 3.8) is 0 Å². The number of rotatable bonds is 3. The lowest BCUT2D eigenvalue weighted by Crippen LogP contribution is -1.82. The molecule has 0 radical (unpaired) electrons. The van der Waals surface area contributed by atoms with Gasteiger partial charge in [-0.05, 0) is 24.5 Å². The molecule has 1 aromatic heterocycles. The summed E-state index contributed by atoms with van der Waals surface area (Å²) in [5.41, 5.74) is 0. The molecule has 0 N–H and O–H groups in total. The van der Waals surface area contributed by atoms with Crippen molar-refractivity contribution in [3.8, 4) is 0 Å². The van der Waals surface area contributed by atoms with E-state index < -0.39 is 0 Å². The smallest absolute Gasteiger partial charge is 0.103 e. The predicted molar refractivity (Wildman–Crippen MR) is 39.8 cm³/mol. The van der Waals surface area contributed by atoms with Crippen LogP contribution in [0.2, 0.25) is 0 Å². The largest absolute Gasteiger partial charge is 0.469 e. The van der Waals surface area contributed by atoms with E-state index in [0.717, 1.165) is 18.1 Å². The maximum absolute atomic E-state index is 5.21. The Kier molecular flexibility index (Phi) is 1.50. The molecule has 0 amide bonds. The Balaban J connectivity index is 1.79. The molecule has 1 aliphatic carbocycles. The maximum Gasteiger partial charge on any atom is 0.103 e. The highest BCUT2D eigenvalue weighted by Crippen LogP contribution is 2.33. The molecule has 1 nitrogen and oxygen atoms in total. The van der Waals surface area contributed by atoms with Gasteiger partial charge in [0.05, 0.1) is 6.26 Å². The summed E-state index contributed by atoms with van der Waals surface area (Å²) in [5.74, 6) is 2.16. The normalized spacial score (nSPS) is 17.6. The van der Waals surface area contributed by atoms with E-state index in [4.69, 9.17) is 4.42 Å². The summed E-state index contributed by atoms with van der Waals surface area (Å²) >= 11 is 0. The van der Waals surface area contributed by atoms with Gasteiger partial charge in [-0.25, -0.2) is 0 Å². The first-order chi connectivity index (χ1) is 4.95. The first-order valence-corrected chi connectivity index (χ1v) is 3.97. The van der Waals surface area contributed by atoms with Crippen molar-refractivity contribution >= 4 is 0 Å². The van der Waals surface area contributed by atoms with E-state index in [9.17, 15) is 0 Å². The number of hydrogen-bond donors (Lipinski definition) is 0. The Morgan fingerprint density at radius 2 is 2.40 bits per heavy atom. The summed E-state index contributed by atoms with van der Waals surface area (Å²) in [7, 11) is 0. The van der Waals surface area contributed by atoms with E-state index in [1.807, 2.05) is 6.07 Å². The van der Waals surface area contributed by atoms with Crippen LogP contribution in [0, 0.1) is 5.92 Å². The van der Waals surface area contributed by atoms with Crippen molar-refractivity contribution < 1.29 is 4.42 Å². The molecule has 1 heteroatoms. The van der Waals surface area contributed by atoms with Gasteiger partial charge in [-0.15, -0.1) is 0 Å². The molecular formula is C9H12O. The summed E-state index contributed by atoms with van der Waals surface area (Å²) in [5, 5.41) is 0. The second-order valence-corrected chi connectivity index (χ2v) is 3.06. The fourth-order valence-electron chi connectivity index (χ4n) is 1.21. The van der Waals surface area contributed by atoms with Gasteiger partial charge in [0.2, 0.25) is 0 Å². The molecule has 1 aliphatic rings. The zero-order valence-electron chi connectivity index (χ0n) is 6.05. The molecule has 0 aromatic carbocycles. The topological polar surface area (TPSA) is 13.1 Å². The van der Waals surface area contributed by atoms with E-state index >= 15 is 0 Å². The van der Waals surface area contributed by atoms with E-state index in [1.165, 1.54) is 19.3 Å². The Hall–Kier alpha value is -0.720. The van der Waals surface area contributed by atoms with Crippen LogP contribution < -0.4 is 0 Å². The van der Waals surface area contributed by atoms with Crippen molar-refractivity contribution in [2.75, 3.05) is 0 Å². The second kappa shape index (κ2) is 2.49. The number of hydrogen-bond acceptors (Lipinski definition) is 1.